The van der Waals surface area contributed by atoms with Crippen LogP contribution in [-0.4, -0.2) is 11.3 Å². The molecule has 0 atom stereocenters. The van der Waals surface area contributed by atoms with Gasteiger partial charge in [-0.3, -0.25) is 0 Å². The Kier molecular flexibility index (Phi) is 4.17. The first-order chi connectivity index (χ1) is 9.02. The van der Waals surface area contributed by atoms with E-state index in [4.69, 9.17) is 16.1 Å². The number of hydrogen-bond donors (Lipinski definition) is 0. The lowest BCUT2D eigenvalue weighted by molar-refractivity contribution is -0.247. The summed E-state index contributed by atoms with van der Waals surface area (Å²) in [6, 6.07) is 8.58. The van der Waals surface area contributed by atoms with Gasteiger partial charge in [0.15, 0.2) is 5.76 Å². The number of alkyl halides is 2. The van der Waals surface area contributed by atoms with Crippen molar-refractivity contribution in [1.29, 1.82) is 0 Å². The zero-order valence-electron chi connectivity index (χ0n) is 10.2. The largest absolute Gasteiger partial charge is 0.356 e. The van der Waals surface area contributed by atoms with Gasteiger partial charge in [-0.25, -0.2) is 0 Å². The highest BCUT2D eigenvalue weighted by Crippen LogP contribution is 2.28. The lowest BCUT2D eigenvalue weighted by Crippen LogP contribution is -2.18. The quantitative estimate of drug-likeness (QED) is 0.811. The number of benzene rings is 1. The second kappa shape index (κ2) is 5.67. The highest BCUT2D eigenvalue weighted by molar-refractivity contribution is 6.33. The van der Waals surface area contributed by atoms with Gasteiger partial charge in [0.05, 0.1) is 11.6 Å². The van der Waals surface area contributed by atoms with Gasteiger partial charge in [0.1, 0.15) is 5.69 Å². The Morgan fingerprint density at radius 1 is 1.37 bits per heavy atom. The summed E-state index contributed by atoms with van der Waals surface area (Å²) >= 11 is 6.00. The molecule has 19 heavy (non-hydrogen) atoms. The van der Waals surface area contributed by atoms with Crippen molar-refractivity contribution in [3.63, 3.8) is 0 Å². The molecule has 2 rings (SSSR count). The molecule has 2 aromatic rings. The SMILES string of the molecule is CCC(F)(F)OCc1cc(-c2ccccc2Cl)on1. The number of rotatable bonds is 5. The zero-order valence-corrected chi connectivity index (χ0v) is 11.0. The first-order valence-electron chi connectivity index (χ1n) is 5.74. The van der Waals surface area contributed by atoms with Crippen LogP contribution < -0.4 is 0 Å². The van der Waals surface area contributed by atoms with E-state index in [0.29, 0.717) is 22.0 Å². The first-order valence-corrected chi connectivity index (χ1v) is 6.12. The summed E-state index contributed by atoms with van der Waals surface area (Å²) in [4.78, 5) is 0. The number of nitrogens with zero attached hydrogens (tertiary/aromatic N) is 1. The molecule has 0 aliphatic carbocycles. The molecule has 0 radical (unpaired) electrons. The summed E-state index contributed by atoms with van der Waals surface area (Å²) in [5.41, 5.74) is 0.952. The van der Waals surface area contributed by atoms with Crippen LogP contribution in [0.15, 0.2) is 34.9 Å². The molecule has 0 saturated heterocycles. The zero-order chi connectivity index (χ0) is 13.9. The monoisotopic (exact) mass is 287 g/mol. The lowest BCUT2D eigenvalue weighted by Gasteiger charge is -2.12. The van der Waals surface area contributed by atoms with Crippen LogP contribution in [0.5, 0.6) is 0 Å². The maximum atomic E-state index is 12.9. The maximum absolute atomic E-state index is 12.9. The Labute approximate surface area is 114 Å². The molecule has 1 heterocycles. The molecule has 0 aliphatic heterocycles. The molecule has 1 aromatic carbocycles. The standard InChI is InChI=1S/C13H12ClF2NO2/c1-2-13(15,16)18-8-9-7-12(19-17-9)10-5-3-4-6-11(10)14/h3-7H,2,8H2,1H3. The fourth-order valence-electron chi connectivity index (χ4n) is 1.45. The van der Waals surface area contributed by atoms with E-state index in [-0.39, 0.29) is 13.0 Å². The molecular weight excluding hydrogens is 276 g/mol. The van der Waals surface area contributed by atoms with Crippen LogP contribution in [0.1, 0.15) is 19.0 Å². The second-order valence-corrected chi connectivity index (χ2v) is 4.35. The van der Waals surface area contributed by atoms with E-state index in [0.717, 1.165) is 0 Å². The summed E-state index contributed by atoms with van der Waals surface area (Å²) in [5, 5.41) is 4.18. The van der Waals surface area contributed by atoms with Crippen molar-refractivity contribution in [3.05, 3.63) is 41.0 Å². The van der Waals surface area contributed by atoms with E-state index < -0.39 is 6.11 Å². The average molecular weight is 288 g/mol. The Morgan fingerprint density at radius 3 is 2.79 bits per heavy atom. The van der Waals surface area contributed by atoms with Gasteiger partial charge in [0.2, 0.25) is 0 Å². The molecule has 0 amide bonds. The van der Waals surface area contributed by atoms with Crippen LogP contribution in [0.4, 0.5) is 8.78 Å². The Morgan fingerprint density at radius 2 is 2.11 bits per heavy atom. The summed E-state index contributed by atoms with van der Waals surface area (Å²) in [7, 11) is 0. The number of ether oxygens (including phenoxy) is 1. The molecular formula is C13H12ClF2NO2. The maximum Gasteiger partial charge on any atom is 0.355 e. The average Bonchev–Trinajstić information content (AvgIpc) is 2.86. The van der Waals surface area contributed by atoms with Crippen LogP contribution in [0.2, 0.25) is 5.02 Å². The minimum atomic E-state index is -3.15. The minimum absolute atomic E-state index is 0.294. The number of hydrogen-bond acceptors (Lipinski definition) is 3. The van der Waals surface area contributed by atoms with Crippen molar-refractivity contribution in [2.75, 3.05) is 0 Å². The second-order valence-electron chi connectivity index (χ2n) is 3.94. The van der Waals surface area contributed by atoms with Gasteiger partial charge in [-0.1, -0.05) is 35.8 Å². The fraction of sp³-hybridized carbons (Fsp3) is 0.308. The highest BCUT2D eigenvalue weighted by Gasteiger charge is 2.27. The van der Waals surface area contributed by atoms with Gasteiger partial charge in [-0.15, -0.1) is 0 Å². The van der Waals surface area contributed by atoms with Crippen molar-refractivity contribution < 1.29 is 18.0 Å². The first kappa shape index (κ1) is 14.0. The normalized spacial score (nSPS) is 11.8. The topological polar surface area (TPSA) is 35.3 Å². The van der Waals surface area contributed by atoms with Gasteiger partial charge in [0.25, 0.3) is 0 Å². The molecule has 0 N–H and O–H groups in total. The van der Waals surface area contributed by atoms with E-state index in [2.05, 4.69) is 9.89 Å². The molecule has 102 valence electrons. The van der Waals surface area contributed by atoms with E-state index in [1.165, 1.54) is 13.0 Å². The Hall–Kier alpha value is -1.46. The summed E-state index contributed by atoms with van der Waals surface area (Å²) in [5.74, 6) is 0.420. The number of halogens is 3. The van der Waals surface area contributed by atoms with E-state index >= 15 is 0 Å². The summed E-state index contributed by atoms with van der Waals surface area (Å²) < 4.78 is 35.4. The van der Waals surface area contributed by atoms with Gasteiger partial charge < -0.3 is 9.26 Å². The fourth-order valence-corrected chi connectivity index (χ4v) is 1.68. The van der Waals surface area contributed by atoms with Gasteiger partial charge in [0, 0.05) is 18.1 Å². The van der Waals surface area contributed by atoms with Gasteiger partial charge in [-0.05, 0) is 12.1 Å². The number of aromatic nitrogens is 1. The minimum Gasteiger partial charge on any atom is -0.356 e. The van der Waals surface area contributed by atoms with Crippen LogP contribution in [-0.2, 0) is 11.3 Å². The van der Waals surface area contributed by atoms with Crippen LogP contribution in [0.25, 0.3) is 11.3 Å². The predicted octanol–water partition coefficient (Wildman–Crippen LogP) is 4.51. The summed E-state index contributed by atoms with van der Waals surface area (Å²) in [6.45, 7) is 1.03. The van der Waals surface area contributed by atoms with E-state index in [1.54, 1.807) is 24.3 Å². The highest BCUT2D eigenvalue weighted by atomic mass is 35.5. The van der Waals surface area contributed by atoms with Crippen molar-refractivity contribution in [3.8, 4) is 11.3 Å². The molecule has 0 unspecified atom stereocenters. The Balaban J connectivity index is 2.10. The molecule has 0 aliphatic rings. The molecule has 0 spiro atoms. The van der Waals surface area contributed by atoms with Crippen molar-refractivity contribution in [1.82, 2.24) is 5.16 Å². The van der Waals surface area contributed by atoms with Crippen molar-refractivity contribution in [2.24, 2.45) is 0 Å². The van der Waals surface area contributed by atoms with E-state index in [1.807, 2.05) is 0 Å². The third kappa shape index (κ3) is 3.52. The van der Waals surface area contributed by atoms with Crippen LogP contribution >= 0.6 is 11.6 Å². The van der Waals surface area contributed by atoms with Gasteiger partial charge >= 0.3 is 6.11 Å². The molecule has 3 nitrogen and oxygen atoms in total. The van der Waals surface area contributed by atoms with Crippen LogP contribution in [0, 0.1) is 0 Å². The third-order valence-corrected chi connectivity index (χ3v) is 2.87. The molecule has 1 aromatic heterocycles. The predicted molar refractivity (Wildman–Crippen MR) is 67.0 cm³/mol. The molecule has 0 saturated carbocycles. The smallest absolute Gasteiger partial charge is 0.355 e. The molecule has 6 heteroatoms. The van der Waals surface area contributed by atoms with Crippen LogP contribution in [0.3, 0.4) is 0 Å². The van der Waals surface area contributed by atoms with Crippen molar-refractivity contribution >= 4 is 11.6 Å². The summed E-state index contributed by atoms with van der Waals surface area (Å²) in [6.07, 6.45) is -3.54. The molecule has 0 fully saturated rings. The van der Waals surface area contributed by atoms with Crippen molar-refractivity contribution in [2.45, 2.75) is 26.1 Å². The van der Waals surface area contributed by atoms with Gasteiger partial charge in [-0.2, -0.15) is 8.78 Å². The lowest BCUT2D eigenvalue weighted by atomic mass is 10.1. The third-order valence-electron chi connectivity index (χ3n) is 2.54. The van der Waals surface area contributed by atoms with E-state index in [9.17, 15) is 8.78 Å². The Bertz CT molecular complexity index is 557. The molecule has 0 bridgehead atoms.